The van der Waals surface area contributed by atoms with E-state index in [1.807, 2.05) is 6.92 Å². The van der Waals surface area contributed by atoms with Crippen LogP contribution in [0.5, 0.6) is 0 Å². The fourth-order valence-corrected chi connectivity index (χ4v) is 3.84. The maximum Gasteiger partial charge on any atom is 0.246 e. The molecule has 1 saturated heterocycles. The molecule has 1 aliphatic rings. The molecule has 0 radical (unpaired) electrons. The summed E-state index contributed by atoms with van der Waals surface area (Å²) in [6.07, 6.45) is 1.80. The Bertz CT molecular complexity index is 498. The Morgan fingerprint density at radius 2 is 2.17 bits per heavy atom. The summed E-state index contributed by atoms with van der Waals surface area (Å²) in [5.41, 5.74) is 0.375. The molecule has 1 fully saturated rings. The predicted molar refractivity (Wildman–Crippen MR) is 64.7 cm³/mol. The van der Waals surface area contributed by atoms with Gasteiger partial charge in [-0.1, -0.05) is 5.16 Å². The number of aromatic nitrogens is 1. The number of hydrogen-bond donors (Lipinski definition) is 1. The summed E-state index contributed by atoms with van der Waals surface area (Å²) < 4.78 is 37.5. The van der Waals surface area contributed by atoms with E-state index in [4.69, 9.17) is 9.26 Å². The topological polar surface area (TPSA) is 81.4 Å². The highest BCUT2D eigenvalue weighted by Gasteiger charge is 2.30. The molecule has 1 aromatic heterocycles. The zero-order valence-electron chi connectivity index (χ0n) is 10.8. The number of ether oxygens (including phenoxy) is 1. The van der Waals surface area contributed by atoms with Crippen LogP contribution >= 0.6 is 0 Å². The summed E-state index contributed by atoms with van der Waals surface area (Å²) in [6, 6.07) is -0.258. The van der Waals surface area contributed by atoms with Gasteiger partial charge in [0.1, 0.15) is 10.6 Å². The second-order valence-corrected chi connectivity index (χ2v) is 6.27. The highest BCUT2D eigenvalue weighted by Crippen LogP contribution is 2.21. The van der Waals surface area contributed by atoms with Crippen molar-refractivity contribution in [2.45, 2.75) is 50.7 Å². The molecule has 6 nitrogen and oxygen atoms in total. The van der Waals surface area contributed by atoms with Crippen molar-refractivity contribution in [3.63, 3.8) is 0 Å². The Morgan fingerprint density at radius 1 is 1.44 bits per heavy atom. The number of nitrogens with one attached hydrogen (secondary N) is 1. The summed E-state index contributed by atoms with van der Waals surface area (Å²) in [5.74, 6) is 0.305. The van der Waals surface area contributed by atoms with Crippen molar-refractivity contribution < 1.29 is 17.7 Å². The molecule has 7 heteroatoms. The van der Waals surface area contributed by atoms with Crippen molar-refractivity contribution in [1.82, 2.24) is 9.88 Å². The molecule has 1 aromatic rings. The zero-order valence-corrected chi connectivity index (χ0v) is 11.6. The van der Waals surface area contributed by atoms with E-state index in [2.05, 4.69) is 9.88 Å². The Balaban J connectivity index is 2.17. The lowest BCUT2D eigenvalue weighted by molar-refractivity contribution is 0.0902. The van der Waals surface area contributed by atoms with E-state index in [1.54, 1.807) is 13.8 Å². The maximum absolute atomic E-state index is 12.2. The van der Waals surface area contributed by atoms with Crippen LogP contribution in [0.1, 0.15) is 31.2 Å². The van der Waals surface area contributed by atoms with E-state index in [-0.39, 0.29) is 17.0 Å². The number of rotatable bonds is 4. The SMILES string of the molecule is Cc1noc(C)c1S(=O)(=O)N[C@@H](C)[C@H]1CCCO1. The minimum atomic E-state index is -3.60. The van der Waals surface area contributed by atoms with E-state index in [0.717, 1.165) is 12.8 Å². The van der Waals surface area contributed by atoms with Crippen LogP contribution in [0, 0.1) is 13.8 Å². The van der Waals surface area contributed by atoms with E-state index in [0.29, 0.717) is 18.1 Å². The van der Waals surface area contributed by atoms with Gasteiger partial charge in [0, 0.05) is 12.6 Å². The van der Waals surface area contributed by atoms with Gasteiger partial charge >= 0.3 is 0 Å². The standard InChI is InChI=1S/C11H18N2O4S/c1-7(10-5-4-6-16-10)13-18(14,15)11-8(2)12-17-9(11)3/h7,10,13H,4-6H2,1-3H3/t7-,10+/m0/s1. The summed E-state index contributed by atoms with van der Waals surface area (Å²) in [7, 11) is -3.60. The maximum atomic E-state index is 12.2. The van der Waals surface area contributed by atoms with Gasteiger partial charge in [0.2, 0.25) is 10.0 Å². The minimum Gasteiger partial charge on any atom is -0.377 e. The molecular formula is C11H18N2O4S. The quantitative estimate of drug-likeness (QED) is 0.890. The van der Waals surface area contributed by atoms with Crippen LogP contribution in [-0.4, -0.2) is 32.3 Å². The number of sulfonamides is 1. The van der Waals surface area contributed by atoms with Gasteiger partial charge in [0.15, 0.2) is 5.76 Å². The first-order chi connectivity index (χ1) is 8.42. The van der Waals surface area contributed by atoms with E-state index in [9.17, 15) is 8.42 Å². The molecule has 0 amide bonds. The summed E-state index contributed by atoms with van der Waals surface area (Å²) in [6.45, 7) is 5.71. The summed E-state index contributed by atoms with van der Waals surface area (Å²) in [5, 5.41) is 3.66. The lowest BCUT2D eigenvalue weighted by Gasteiger charge is -2.19. The van der Waals surface area contributed by atoms with Crippen molar-refractivity contribution >= 4 is 10.0 Å². The van der Waals surface area contributed by atoms with Gasteiger partial charge in [-0.2, -0.15) is 0 Å². The van der Waals surface area contributed by atoms with Crippen LogP contribution < -0.4 is 4.72 Å². The van der Waals surface area contributed by atoms with Crippen LogP contribution in [0.25, 0.3) is 0 Å². The van der Waals surface area contributed by atoms with Gasteiger partial charge in [0.05, 0.1) is 6.10 Å². The molecule has 18 heavy (non-hydrogen) atoms. The molecule has 102 valence electrons. The lowest BCUT2D eigenvalue weighted by Crippen LogP contribution is -2.41. The Hall–Kier alpha value is -0.920. The Morgan fingerprint density at radius 3 is 2.67 bits per heavy atom. The second kappa shape index (κ2) is 4.99. The molecule has 2 atom stereocenters. The average molecular weight is 274 g/mol. The van der Waals surface area contributed by atoms with Crippen LogP contribution in [0.2, 0.25) is 0 Å². The van der Waals surface area contributed by atoms with Gasteiger partial charge in [0.25, 0.3) is 0 Å². The highest BCUT2D eigenvalue weighted by atomic mass is 32.2. The molecule has 0 bridgehead atoms. The average Bonchev–Trinajstić information content (AvgIpc) is 2.87. The monoisotopic (exact) mass is 274 g/mol. The van der Waals surface area contributed by atoms with Gasteiger partial charge in [-0.15, -0.1) is 0 Å². The first-order valence-corrected chi connectivity index (χ1v) is 7.47. The Kier molecular flexibility index (Phi) is 3.74. The van der Waals surface area contributed by atoms with Crippen molar-refractivity contribution in [2.75, 3.05) is 6.61 Å². The first kappa shape index (κ1) is 13.5. The molecular weight excluding hydrogens is 256 g/mol. The molecule has 0 saturated carbocycles. The van der Waals surface area contributed by atoms with Crippen molar-refractivity contribution in [1.29, 1.82) is 0 Å². The van der Waals surface area contributed by atoms with Gasteiger partial charge in [-0.05, 0) is 33.6 Å². The van der Waals surface area contributed by atoms with Gasteiger partial charge in [-0.25, -0.2) is 13.1 Å². The van der Waals surface area contributed by atoms with E-state index >= 15 is 0 Å². The smallest absolute Gasteiger partial charge is 0.246 e. The van der Waals surface area contributed by atoms with Crippen LogP contribution in [-0.2, 0) is 14.8 Å². The van der Waals surface area contributed by atoms with E-state index < -0.39 is 10.0 Å². The molecule has 0 spiro atoms. The second-order valence-electron chi connectivity index (χ2n) is 4.61. The Labute approximate surface area is 107 Å². The fourth-order valence-electron chi connectivity index (χ4n) is 2.23. The number of nitrogens with zero attached hydrogens (tertiary/aromatic N) is 1. The van der Waals surface area contributed by atoms with Gasteiger partial charge in [-0.3, -0.25) is 0 Å². The van der Waals surface area contributed by atoms with Crippen LogP contribution in [0.4, 0.5) is 0 Å². The number of aryl methyl sites for hydroxylation is 2. The predicted octanol–water partition coefficient (Wildman–Crippen LogP) is 1.14. The largest absolute Gasteiger partial charge is 0.377 e. The lowest BCUT2D eigenvalue weighted by atomic mass is 10.1. The zero-order chi connectivity index (χ0) is 13.3. The molecule has 2 heterocycles. The highest BCUT2D eigenvalue weighted by molar-refractivity contribution is 7.89. The molecule has 2 rings (SSSR count). The summed E-state index contributed by atoms with van der Waals surface area (Å²) >= 11 is 0. The van der Waals surface area contributed by atoms with Crippen molar-refractivity contribution in [3.05, 3.63) is 11.5 Å². The minimum absolute atomic E-state index is 0.0553. The van der Waals surface area contributed by atoms with E-state index in [1.165, 1.54) is 0 Å². The first-order valence-electron chi connectivity index (χ1n) is 5.98. The molecule has 0 unspecified atom stereocenters. The normalized spacial score (nSPS) is 22.3. The third kappa shape index (κ3) is 2.57. The molecule has 1 aliphatic heterocycles. The number of hydrogen-bond acceptors (Lipinski definition) is 5. The third-order valence-corrected chi connectivity index (χ3v) is 4.90. The summed E-state index contributed by atoms with van der Waals surface area (Å²) in [4.78, 5) is 0.132. The van der Waals surface area contributed by atoms with Crippen LogP contribution in [0.3, 0.4) is 0 Å². The molecule has 0 aliphatic carbocycles. The third-order valence-electron chi connectivity index (χ3n) is 3.10. The molecule has 1 N–H and O–H groups in total. The van der Waals surface area contributed by atoms with Crippen molar-refractivity contribution in [2.24, 2.45) is 0 Å². The van der Waals surface area contributed by atoms with Crippen molar-refractivity contribution in [3.8, 4) is 0 Å². The molecule has 0 aromatic carbocycles. The van der Waals surface area contributed by atoms with Crippen LogP contribution in [0.15, 0.2) is 9.42 Å². The van der Waals surface area contributed by atoms with Gasteiger partial charge < -0.3 is 9.26 Å². The fraction of sp³-hybridized carbons (Fsp3) is 0.727.